The van der Waals surface area contributed by atoms with E-state index in [0.29, 0.717) is 13.1 Å². The number of amides is 1. The first-order valence-electron chi connectivity index (χ1n) is 4.07. The van der Waals surface area contributed by atoms with Crippen LogP contribution in [0.2, 0.25) is 0 Å². The lowest BCUT2D eigenvalue weighted by molar-refractivity contribution is 0.139. The molecule has 1 heterocycles. The summed E-state index contributed by atoms with van der Waals surface area (Å²) in [5.41, 5.74) is 4.72. The van der Waals surface area contributed by atoms with Gasteiger partial charge in [-0.2, -0.15) is 0 Å². The predicted octanol–water partition coefficient (Wildman–Crippen LogP) is 1.18. The first-order chi connectivity index (χ1) is 6.25. The van der Waals surface area contributed by atoms with Gasteiger partial charge in [0.2, 0.25) is 0 Å². The lowest BCUT2D eigenvalue weighted by Crippen LogP contribution is -2.37. The summed E-state index contributed by atoms with van der Waals surface area (Å²) in [4.78, 5) is 10.4. The van der Waals surface area contributed by atoms with E-state index in [0.717, 1.165) is 0 Å². The predicted molar refractivity (Wildman–Crippen MR) is 46.8 cm³/mol. The second-order valence-electron chi connectivity index (χ2n) is 3.04. The van der Waals surface area contributed by atoms with Gasteiger partial charge in [-0.15, -0.1) is 0 Å². The van der Waals surface area contributed by atoms with E-state index in [1.54, 1.807) is 5.01 Å². The van der Waals surface area contributed by atoms with Crippen molar-refractivity contribution < 1.29 is 9.90 Å². The van der Waals surface area contributed by atoms with Crippen molar-refractivity contribution in [1.29, 1.82) is 0 Å². The largest absolute Gasteiger partial charge is 0.464 e. The van der Waals surface area contributed by atoms with Gasteiger partial charge >= 0.3 is 6.09 Å². The normalized spacial score (nSPS) is 15.4. The number of rotatable bonds is 1. The molecule has 1 aromatic rings. The van der Waals surface area contributed by atoms with Crippen molar-refractivity contribution in [3.63, 3.8) is 0 Å². The molecule has 0 aromatic heterocycles. The van der Waals surface area contributed by atoms with Crippen LogP contribution in [0.3, 0.4) is 0 Å². The summed E-state index contributed by atoms with van der Waals surface area (Å²) in [6.45, 7) is 1.31. The van der Waals surface area contributed by atoms with Gasteiger partial charge in [0.1, 0.15) is 0 Å². The lowest BCUT2D eigenvalue weighted by Gasteiger charge is -2.12. The van der Waals surface area contributed by atoms with Gasteiger partial charge in [-0.25, -0.2) is 9.80 Å². The van der Waals surface area contributed by atoms with Gasteiger partial charge < -0.3 is 5.11 Å². The highest BCUT2D eigenvalue weighted by Gasteiger charge is 2.18. The Morgan fingerprint density at radius 1 is 1.31 bits per heavy atom. The fourth-order valence-corrected chi connectivity index (χ4v) is 1.55. The summed E-state index contributed by atoms with van der Waals surface area (Å²) in [6, 6.07) is 7.95. The minimum Gasteiger partial charge on any atom is -0.464 e. The third kappa shape index (κ3) is 1.62. The van der Waals surface area contributed by atoms with Crippen molar-refractivity contribution in [2.75, 3.05) is 0 Å². The zero-order chi connectivity index (χ0) is 9.26. The van der Waals surface area contributed by atoms with Crippen LogP contribution in [0.25, 0.3) is 0 Å². The van der Waals surface area contributed by atoms with Gasteiger partial charge in [0.15, 0.2) is 0 Å². The molecule has 4 heteroatoms. The molecule has 2 rings (SSSR count). The van der Waals surface area contributed by atoms with Crippen molar-refractivity contribution in [2.45, 2.75) is 13.1 Å². The summed E-state index contributed by atoms with van der Waals surface area (Å²) in [5.74, 6) is 0. The number of carboxylic acid groups (broad SMARTS) is 1. The fourth-order valence-electron chi connectivity index (χ4n) is 1.55. The van der Waals surface area contributed by atoms with Crippen LogP contribution in [-0.4, -0.2) is 16.2 Å². The van der Waals surface area contributed by atoms with Gasteiger partial charge in [0.25, 0.3) is 0 Å². The number of benzene rings is 1. The highest BCUT2D eigenvalue weighted by Crippen LogP contribution is 2.19. The quantitative estimate of drug-likeness (QED) is 0.679. The third-order valence-electron chi connectivity index (χ3n) is 2.09. The van der Waals surface area contributed by atoms with Gasteiger partial charge in [-0.1, -0.05) is 24.3 Å². The van der Waals surface area contributed by atoms with Crippen molar-refractivity contribution in [3.8, 4) is 0 Å². The second kappa shape index (κ2) is 3.06. The highest BCUT2D eigenvalue weighted by molar-refractivity contribution is 5.63. The number of hydrogen-bond donors (Lipinski definition) is 2. The van der Waals surface area contributed by atoms with Crippen molar-refractivity contribution >= 4 is 6.09 Å². The molecule has 13 heavy (non-hydrogen) atoms. The Labute approximate surface area is 75.8 Å². The van der Waals surface area contributed by atoms with Crippen LogP contribution in [-0.2, 0) is 13.1 Å². The van der Waals surface area contributed by atoms with E-state index in [4.69, 9.17) is 5.11 Å². The number of nitrogens with zero attached hydrogens (tertiary/aromatic N) is 1. The molecule has 0 radical (unpaired) electrons. The summed E-state index contributed by atoms with van der Waals surface area (Å²) in [6.07, 6.45) is -1.01. The maximum absolute atomic E-state index is 10.4. The van der Waals surface area contributed by atoms with Gasteiger partial charge in [-0.3, -0.25) is 5.43 Å². The molecule has 1 amide bonds. The van der Waals surface area contributed by atoms with E-state index in [1.165, 1.54) is 11.1 Å². The second-order valence-corrected chi connectivity index (χ2v) is 3.04. The minimum atomic E-state index is -1.01. The molecule has 0 bridgehead atoms. The SMILES string of the molecule is O=C(O)NN1Cc2ccccc2C1. The molecule has 4 nitrogen and oxygen atoms in total. The van der Waals surface area contributed by atoms with Gasteiger partial charge in [-0.05, 0) is 11.1 Å². The maximum Gasteiger partial charge on any atom is 0.419 e. The molecule has 0 atom stereocenters. The standard InChI is InChI=1S/C9H10N2O2/c12-9(13)10-11-5-7-3-1-2-4-8(7)6-11/h1-4,10H,5-6H2,(H,12,13). The van der Waals surface area contributed by atoms with Crippen LogP contribution in [0, 0.1) is 0 Å². The smallest absolute Gasteiger partial charge is 0.419 e. The molecule has 0 spiro atoms. The van der Waals surface area contributed by atoms with Crippen molar-refractivity contribution in [1.82, 2.24) is 10.4 Å². The Morgan fingerprint density at radius 3 is 2.31 bits per heavy atom. The average Bonchev–Trinajstić information content (AvgIpc) is 2.44. The van der Waals surface area contributed by atoms with E-state index >= 15 is 0 Å². The Hall–Kier alpha value is -1.55. The molecule has 1 aliphatic heterocycles. The van der Waals surface area contributed by atoms with E-state index < -0.39 is 6.09 Å². The van der Waals surface area contributed by atoms with E-state index in [-0.39, 0.29) is 0 Å². The third-order valence-corrected chi connectivity index (χ3v) is 2.09. The molecule has 1 aromatic carbocycles. The molecule has 1 aliphatic rings. The Kier molecular flexibility index (Phi) is 1.90. The van der Waals surface area contributed by atoms with Crippen LogP contribution in [0.15, 0.2) is 24.3 Å². The Bertz CT molecular complexity index is 313. The number of carbonyl (C=O) groups is 1. The van der Waals surface area contributed by atoms with Crippen LogP contribution in [0.5, 0.6) is 0 Å². The number of hydrogen-bond acceptors (Lipinski definition) is 2. The van der Waals surface area contributed by atoms with Crippen LogP contribution < -0.4 is 5.43 Å². The van der Waals surface area contributed by atoms with Gasteiger partial charge in [0.05, 0.1) is 0 Å². The molecule has 0 saturated heterocycles. The van der Waals surface area contributed by atoms with Crippen LogP contribution in [0.4, 0.5) is 4.79 Å². The molecule has 68 valence electrons. The van der Waals surface area contributed by atoms with Crippen LogP contribution in [0.1, 0.15) is 11.1 Å². The molecular formula is C9H10N2O2. The van der Waals surface area contributed by atoms with E-state index in [2.05, 4.69) is 5.43 Å². The van der Waals surface area contributed by atoms with Gasteiger partial charge in [0, 0.05) is 13.1 Å². The molecule has 0 unspecified atom stereocenters. The lowest BCUT2D eigenvalue weighted by atomic mass is 10.1. The number of hydrazine groups is 1. The summed E-state index contributed by atoms with van der Waals surface area (Å²) in [5, 5.41) is 10.2. The Balaban J connectivity index is 2.09. The zero-order valence-corrected chi connectivity index (χ0v) is 7.03. The molecule has 0 saturated carbocycles. The number of nitrogens with one attached hydrogen (secondary N) is 1. The molecule has 0 aliphatic carbocycles. The Morgan fingerprint density at radius 2 is 1.85 bits per heavy atom. The molecular weight excluding hydrogens is 168 g/mol. The fraction of sp³-hybridized carbons (Fsp3) is 0.222. The average molecular weight is 178 g/mol. The highest BCUT2D eigenvalue weighted by atomic mass is 16.4. The maximum atomic E-state index is 10.4. The van der Waals surface area contributed by atoms with Crippen molar-refractivity contribution in [2.24, 2.45) is 0 Å². The minimum absolute atomic E-state index is 0.655. The molecule has 0 fully saturated rings. The molecule has 2 N–H and O–H groups in total. The van der Waals surface area contributed by atoms with E-state index in [9.17, 15) is 4.79 Å². The first kappa shape index (κ1) is 8.07. The summed E-state index contributed by atoms with van der Waals surface area (Å²) >= 11 is 0. The van der Waals surface area contributed by atoms with Crippen molar-refractivity contribution in [3.05, 3.63) is 35.4 Å². The topological polar surface area (TPSA) is 52.6 Å². The first-order valence-corrected chi connectivity index (χ1v) is 4.07. The number of fused-ring (bicyclic) bond motifs is 1. The summed E-state index contributed by atoms with van der Waals surface area (Å²) < 4.78 is 0. The summed E-state index contributed by atoms with van der Waals surface area (Å²) in [7, 11) is 0. The van der Waals surface area contributed by atoms with E-state index in [1.807, 2.05) is 24.3 Å². The van der Waals surface area contributed by atoms with Crippen LogP contribution >= 0.6 is 0 Å². The zero-order valence-electron chi connectivity index (χ0n) is 7.03. The monoisotopic (exact) mass is 178 g/mol.